The molecule has 0 atom stereocenters. The van der Waals surface area contributed by atoms with Gasteiger partial charge < -0.3 is 54.1 Å². The summed E-state index contributed by atoms with van der Waals surface area (Å²) in [5, 5.41) is 3.45. The zero-order valence-corrected chi connectivity index (χ0v) is 41.2. The predicted octanol–water partition coefficient (Wildman–Crippen LogP) is 12.8. The van der Waals surface area contributed by atoms with Crippen molar-refractivity contribution in [1.29, 1.82) is 0 Å². The molecule has 4 heterocycles. The molecular formula is C42H72N6OW2. The number of aryl methyl sites for hydroxylation is 4. The second-order valence-corrected chi connectivity index (χ2v) is 7.24. The fourth-order valence-electron chi connectivity index (χ4n) is 1.43. The van der Waals surface area contributed by atoms with Crippen LogP contribution >= 0.6 is 0 Å². The molecule has 9 heteroatoms. The Morgan fingerprint density at radius 2 is 0.824 bits per heavy atom. The van der Waals surface area contributed by atoms with Crippen LogP contribution in [0.2, 0.25) is 0 Å². The van der Waals surface area contributed by atoms with Crippen LogP contribution in [0.25, 0.3) is 0 Å². The van der Waals surface area contributed by atoms with Crippen molar-refractivity contribution in [3.8, 4) is 0 Å². The Morgan fingerprint density at radius 1 is 0.510 bits per heavy atom. The second-order valence-electron chi connectivity index (χ2n) is 7.24. The average molecular weight is 1040 g/mol. The van der Waals surface area contributed by atoms with E-state index in [2.05, 4.69) is 34.6 Å². The largest absolute Gasteiger partial charge is 2.00 e. The van der Waals surface area contributed by atoms with Crippen molar-refractivity contribution >= 4 is 0 Å². The average Bonchev–Trinajstić information content (AvgIpc) is 3.66. The minimum absolute atomic E-state index is 0. The van der Waals surface area contributed by atoms with Crippen molar-refractivity contribution in [1.82, 2.24) is 30.1 Å². The molecule has 288 valence electrons. The number of nitrogens with zero attached hydrogens (tertiary/aromatic N) is 6. The van der Waals surface area contributed by atoms with E-state index in [1.807, 2.05) is 123 Å². The van der Waals surface area contributed by atoms with Gasteiger partial charge in [0, 0.05) is 55.1 Å². The van der Waals surface area contributed by atoms with Gasteiger partial charge >= 0.3 is 42.1 Å². The van der Waals surface area contributed by atoms with Crippen LogP contribution in [0, 0.1) is 54.0 Å². The van der Waals surface area contributed by atoms with Gasteiger partial charge in [-0.3, -0.25) is 24.9 Å². The summed E-state index contributed by atoms with van der Waals surface area (Å²) in [6.45, 7) is 55.1. The molecule has 0 spiro atoms. The third kappa shape index (κ3) is 92.9. The molecule has 0 unspecified atom stereocenters. The molecule has 0 fully saturated rings. The molecule has 0 amide bonds. The minimum atomic E-state index is 0. The Bertz CT molecular complexity index is 989. The van der Waals surface area contributed by atoms with Crippen molar-refractivity contribution in [3.05, 3.63) is 146 Å². The first-order valence-corrected chi connectivity index (χ1v) is 17.1. The van der Waals surface area contributed by atoms with Gasteiger partial charge in [0.15, 0.2) is 0 Å². The molecule has 4 rings (SSSR count). The first-order chi connectivity index (χ1) is 23.6. The van der Waals surface area contributed by atoms with Crippen LogP contribution in [0.3, 0.4) is 0 Å². The van der Waals surface area contributed by atoms with Crippen molar-refractivity contribution in [2.24, 2.45) is 0 Å². The molecule has 0 aliphatic rings. The van der Waals surface area contributed by atoms with Crippen molar-refractivity contribution in [3.63, 3.8) is 0 Å². The third-order valence-corrected chi connectivity index (χ3v) is 3.31. The predicted molar refractivity (Wildman–Crippen MR) is 217 cm³/mol. The van der Waals surface area contributed by atoms with Gasteiger partial charge in [-0.1, -0.05) is 88.2 Å². The second kappa shape index (κ2) is 76.6. The van der Waals surface area contributed by atoms with Gasteiger partial charge in [0.25, 0.3) is 0 Å². The molecule has 0 saturated carbocycles. The van der Waals surface area contributed by atoms with Crippen LogP contribution in [0.15, 0.2) is 102 Å². The maximum absolute atomic E-state index is 5.03. The zero-order chi connectivity index (χ0) is 40.3. The van der Waals surface area contributed by atoms with Crippen LogP contribution in [-0.2, 0) is 42.1 Å². The van der Waals surface area contributed by atoms with Crippen molar-refractivity contribution in [2.75, 3.05) is 0 Å². The molecule has 4 aromatic rings. The molecular weight excluding hydrogens is 972 g/mol. The van der Waals surface area contributed by atoms with Gasteiger partial charge in [-0.15, -0.1) is 13.8 Å². The fourth-order valence-corrected chi connectivity index (χ4v) is 1.43. The van der Waals surface area contributed by atoms with E-state index in [9.17, 15) is 0 Å². The summed E-state index contributed by atoms with van der Waals surface area (Å²) in [4.78, 5) is 19.3. The molecule has 0 aliphatic heterocycles. The molecule has 0 N–H and O–H groups in total. The summed E-state index contributed by atoms with van der Waals surface area (Å²) in [5.74, 6) is 0. The van der Waals surface area contributed by atoms with Gasteiger partial charge in [-0.05, 0) is 45.4 Å². The van der Waals surface area contributed by atoms with Crippen molar-refractivity contribution in [2.45, 2.75) is 125 Å². The van der Waals surface area contributed by atoms with Crippen LogP contribution < -0.4 is 0 Å². The first kappa shape index (κ1) is 73.3. The van der Waals surface area contributed by atoms with Gasteiger partial charge in [0.05, 0.1) is 17.6 Å². The summed E-state index contributed by atoms with van der Waals surface area (Å²) in [6, 6.07) is 3.94. The molecule has 7 nitrogen and oxygen atoms in total. The number of allylic oxidation sites excluding steroid dienone is 4. The Hall–Kier alpha value is -3.14. The number of aromatic nitrogens is 6. The summed E-state index contributed by atoms with van der Waals surface area (Å²) >= 11 is 0. The number of pyridine rings is 1. The van der Waals surface area contributed by atoms with Crippen LogP contribution in [0.1, 0.15) is 119 Å². The molecule has 4 aromatic heterocycles. The quantitative estimate of drug-likeness (QED) is 0.146. The molecule has 0 saturated heterocycles. The topological polar surface area (TPSA) is 90.5 Å². The monoisotopic (exact) mass is 1040 g/mol. The number of hydrogen-bond acceptors (Lipinski definition) is 7. The molecule has 0 radical (unpaired) electrons. The zero-order valence-electron chi connectivity index (χ0n) is 35.3. The number of hydrogen-bond donors (Lipinski definition) is 0. The summed E-state index contributed by atoms with van der Waals surface area (Å²) in [7, 11) is 0. The van der Waals surface area contributed by atoms with Gasteiger partial charge in [-0.25, -0.2) is 0 Å². The Balaban J connectivity index is -0.0000000465. The van der Waals surface area contributed by atoms with E-state index in [0.717, 1.165) is 17.0 Å². The summed E-state index contributed by atoms with van der Waals surface area (Å²) in [5.41, 5.74) is 5.56. The summed E-state index contributed by atoms with van der Waals surface area (Å²) in [6.07, 6.45) is 19.7. The standard InChI is InChI=1S/C6H7N.2C5H6N2.2C5H6.C4H5NO.6C2H6.2W/c1-6-2-4-7-5-3-6;2*1-5-4-6-2-3-7-5;2*1-4-5(2)3;1-4-2-5-6-3-4;6*1-2;;/h2-5H,1H3;2*2-4H,1H3;2*1-2,4H,3H3;2-3H,1H3;6*1-2H3;;/q;;;2*-2;;;;;;;;2*+2. The van der Waals surface area contributed by atoms with E-state index < -0.39 is 0 Å². The van der Waals surface area contributed by atoms with E-state index in [1.165, 1.54) is 17.7 Å². The van der Waals surface area contributed by atoms with Crippen LogP contribution in [0.5, 0.6) is 0 Å². The van der Waals surface area contributed by atoms with Gasteiger partial charge in [0.1, 0.15) is 6.26 Å². The van der Waals surface area contributed by atoms with Crippen LogP contribution in [-0.4, -0.2) is 30.1 Å². The SMILES string of the molecule is CC.CC.CC.CC.CC.CC.Cc1ccncc1.Cc1cnccn1.Cc1cnccn1.Cc1cnoc1.[CH-]=CC(=[CH-])C.[CH-]=CC(=[CH-])C.[W+2].[W+2]. The van der Waals surface area contributed by atoms with E-state index in [-0.39, 0.29) is 42.1 Å². The maximum atomic E-state index is 5.03. The van der Waals surface area contributed by atoms with E-state index in [4.69, 9.17) is 26.3 Å². The fraction of sp³-hybridized carbons (Fsp3) is 0.429. The molecule has 51 heavy (non-hydrogen) atoms. The van der Waals surface area contributed by atoms with Crippen molar-refractivity contribution < 1.29 is 46.7 Å². The van der Waals surface area contributed by atoms with Crippen LogP contribution in [0.4, 0.5) is 0 Å². The molecule has 0 aromatic carbocycles. The van der Waals surface area contributed by atoms with E-state index in [0.29, 0.717) is 11.1 Å². The Morgan fingerprint density at radius 3 is 0.922 bits per heavy atom. The molecule has 0 aliphatic carbocycles. The number of rotatable bonds is 2. The summed E-state index contributed by atoms with van der Waals surface area (Å²) < 4.78 is 4.46. The molecule has 0 bridgehead atoms. The van der Waals surface area contributed by atoms with E-state index in [1.54, 1.807) is 75.9 Å². The van der Waals surface area contributed by atoms with E-state index >= 15 is 0 Å². The normalized spacial score (nSPS) is 6.63. The van der Waals surface area contributed by atoms with Gasteiger partial charge in [-0.2, -0.15) is 0 Å². The first-order valence-electron chi connectivity index (χ1n) is 17.1. The minimum Gasteiger partial charge on any atom is -0.394 e. The Labute approximate surface area is 345 Å². The maximum Gasteiger partial charge on any atom is 2.00 e. The Kier molecular flexibility index (Phi) is 110. The third-order valence-electron chi connectivity index (χ3n) is 3.31. The van der Waals surface area contributed by atoms with Gasteiger partial charge in [0.2, 0.25) is 0 Å². The smallest absolute Gasteiger partial charge is 0.394 e.